The normalized spacial score (nSPS) is 15.6. The molecule has 26 heavy (non-hydrogen) atoms. The van der Waals surface area contributed by atoms with Gasteiger partial charge in [0.15, 0.2) is 0 Å². The Bertz CT molecular complexity index is 713. The molecule has 2 amide bonds. The van der Waals surface area contributed by atoms with Crippen molar-refractivity contribution in [3.63, 3.8) is 0 Å². The standard InChI is InChI=1S/C21H28N4O/c1-17-7-3-4-8-19(17)20(18-9-11-22-12-10-18)23-21(26)24(2)15-16-25-13-5-6-14-25/h3-4,7-12,20H,5-6,13-16H2,1-2H3,(H,23,26)/t20-/m1/s1. The molecule has 1 fully saturated rings. The molecule has 1 aromatic heterocycles. The molecule has 0 unspecified atom stereocenters. The van der Waals surface area contributed by atoms with E-state index < -0.39 is 0 Å². The highest BCUT2D eigenvalue weighted by molar-refractivity contribution is 5.75. The minimum atomic E-state index is -0.180. The van der Waals surface area contributed by atoms with Crippen molar-refractivity contribution in [1.82, 2.24) is 20.1 Å². The highest BCUT2D eigenvalue weighted by Gasteiger charge is 2.21. The zero-order chi connectivity index (χ0) is 18.4. The Kier molecular flexibility index (Phi) is 6.23. The summed E-state index contributed by atoms with van der Waals surface area (Å²) in [5.74, 6) is 0. The van der Waals surface area contributed by atoms with Crippen LogP contribution >= 0.6 is 0 Å². The highest BCUT2D eigenvalue weighted by Crippen LogP contribution is 2.24. The van der Waals surface area contributed by atoms with Gasteiger partial charge in [-0.2, -0.15) is 0 Å². The number of rotatable bonds is 6. The molecule has 1 N–H and O–H groups in total. The Morgan fingerprint density at radius 2 is 1.88 bits per heavy atom. The van der Waals surface area contributed by atoms with Crippen LogP contribution in [0.5, 0.6) is 0 Å². The molecule has 5 heteroatoms. The van der Waals surface area contributed by atoms with Crippen LogP contribution in [0.2, 0.25) is 0 Å². The average molecular weight is 352 g/mol. The molecule has 3 rings (SSSR count). The van der Waals surface area contributed by atoms with Crippen molar-refractivity contribution in [3.8, 4) is 0 Å². The number of nitrogens with one attached hydrogen (secondary N) is 1. The lowest BCUT2D eigenvalue weighted by atomic mass is 9.96. The molecule has 5 nitrogen and oxygen atoms in total. The first kappa shape index (κ1) is 18.4. The quantitative estimate of drug-likeness (QED) is 0.868. The summed E-state index contributed by atoms with van der Waals surface area (Å²) < 4.78 is 0. The number of hydrogen-bond acceptors (Lipinski definition) is 3. The molecule has 1 aromatic carbocycles. The molecule has 0 bridgehead atoms. The topological polar surface area (TPSA) is 48.5 Å². The molecule has 138 valence electrons. The van der Waals surface area contributed by atoms with E-state index in [1.54, 1.807) is 17.3 Å². The molecule has 2 aromatic rings. The van der Waals surface area contributed by atoms with Gasteiger partial charge in [0, 0.05) is 32.5 Å². The van der Waals surface area contributed by atoms with Crippen LogP contribution in [-0.2, 0) is 0 Å². The molecule has 0 spiro atoms. The number of aryl methyl sites for hydroxylation is 1. The van der Waals surface area contributed by atoms with Gasteiger partial charge in [-0.3, -0.25) is 4.98 Å². The smallest absolute Gasteiger partial charge is 0.317 e. The largest absolute Gasteiger partial charge is 0.327 e. The number of nitrogens with zero attached hydrogens (tertiary/aromatic N) is 3. The molecule has 2 heterocycles. The monoisotopic (exact) mass is 352 g/mol. The maximum Gasteiger partial charge on any atom is 0.317 e. The van der Waals surface area contributed by atoms with E-state index in [4.69, 9.17) is 0 Å². The summed E-state index contributed by atoms with van der Waals surface area (Å²) in [6.07, 6.45) is 6.08. The van der Waals surface area contributed by atoms with Gasteiger partial charge in [0.1, 0.15) is 0 Å². The molecule has 1 aliphatic heterocycles. The lowest BCUT2D eigenvalue weighted by molar-refractivity contribution is 0.198. The maximum absolute atomic E-state index is 12.8. The van der Waals surface area contributed by atoms with Crippen molar-refractivity contribution in [2.75, 3.05) is 33.2 Å². The Labute approximate surface area is 156 Å². The summed E-state index contributed by atoms with van der Waals surface area (Å²) in [6.45, 7) is 6.06. The molecule has 0 saturated carbocycles. The summed E-state index contributed by atoms with van der Waals surface area (Å²) in [6, 6.07) is 11.9. The van der Waals surface area contributed by atoms with Gasteiger partial charge in [-0.15, -0.1) is 0 Å². The second-order valence-electron chi connectivity index (χ2n) is 6.99. The fraction of sp³-hybridized carbons (Fsp3) is 0.429. The van der Waals surface area contributed by atoms with Gasteiger partial charge in [0.25, 0.3) is 0 Å². The van der Waals surface area contributed by atoms with E-state index in [-0.39, 0.29) is 12.1 Å². The molecule has 1 saturated heterocycles. The first-order valence-electron chi connectivity index (χ1n) is 9.34. The van der Waals surface area contributed by atoms with Gasteiger partial charge in [-0.25, -0.2) is 4.79 Å². The second kappa shape index (κ2) is 8.81. The van der Waals surface area contributed by atoms with Crippen molar-refractivity contribution in [2.24, 2.45) is 0 Å². The Hall–Kier alpha value is -2.40. The molecule has 0 aliphatic carbocycles. The summed E-state index contributed by atoms with van der Waals surface area (Å²) in [7, 11) is 1.87. The number of benzene rings is 1. The van der Waals surface area contributed by atoms with Crippen LogP contribution in [0.3, 0.4) is 0 Å². The molecule has 1 atom stereocenters. The maximum atomic E-state index is 12.8. The van der Waals surface area contributed by atoms with Crippen molar-refractivity contribution >= 4 is 6.03 Å². The number of likely N-dealkylation sites (N-methyl/N-ethyl adjacent to an activating group) is 1. The van der Waals surface area contributed by atoms with Crippen LogP contribution in [0.4, 0.5) is 4.79 Å². The third kappa shape index (κ3) is 4.61. The van der Waals surface area contributed by atoms with Crippen LogP contribution in [0, 0.1) is 6.92 Å². The van der Waals surface area contributed by atoms with Crippen molar-refractivity contribution in [2.45, 2.75) is 25.8 Å². The minimum absolute atomic E-state index is 0.0470. The SMILES string of the molecule is Cc1ccccc1[C@H](NC(=O)N(C)CCN1CCCC1)c1ccncc1. The van der Waals surface area contributed by atoms with Gasteiger partial charge in [-0.05, 0) is 61.7 Å². The van der Waals surface area contributed by atoms with Crippen molar-refractivity contribution in [1.29, 1.82) is 0 Å². The number of aromatic nitrogens is 1. The zero-order valence-electron chi connectivity index (χ0n) is 15.7. The van der Waals surface area contributed by atoms with Gasteiger partial charge in [0.05, 0.1) is 6.04 Å². The number of amides is 2. The second-order valence-corrected chi connectivity index (χ2v) is 6.99. The molecule has 1 aliphatic rings. The van der Waals surface area contributed by atoms with Crippen molar-refractivity contribution < 1.29 is 4.79 Å². The number of likely N-dealkylation sites (tertiary alicyclic amines) is 1. The number of pyridine rings is 1. The van der Waals surface area contributed by atoms with E-state index >= 15 is 0 Å². The lowest BCUT2D eigenvalue weighted by Gasteiger charge is -2.26. The van der Waals surface area contributed by atoms with Crippen molar-refractivity contribution in [3.05, 3.63) is 65.5 Å². The third-order valence-corrected chi connectivity index (χ3v) is 5.10. The molecular formula is C21H28N4O. The summed E-state index contributed by atoms with van der Waals surface area (Å²) in [4.78, 5) is 21.1. The van der Waals surface area contributed by atoms with Gasteiger partial charge in [-0.1, -0.05) is 24.3 Å². The summed E-state index contributed by atoms with van der Waals surface area (Å²) >= 11 is 0. The van der Waals surface area contributed by atoms with Crippen LogP contribution in [0.25, 0.3) is 0 Å². The van der Waals surface area contributed by atoms with E-state index in [0.717, 1.165) is 42.9 Å². The van der Waals surface area contributed by atoms with Crippen LogP contribution in [-0.4, -0.2) is 54.0 Å². The van der Waals surface area contributed by atoms with E-state index in [0.29, 0.717) is 0 Å². The molecule has 0 radical (unpaired) electrons. The lowest BCUT2D eigenvalue weighted by Crippen LogP contribution is -2.43. The van der Waals surface area contributed by atoms with E-state index in [9.17, 15) is 4.79 Å². The fourth-order valence-electron chi connectivity index (χ4n) is 3.44. The zero-order valence-corrected chi connectivity index (χ0v) is 15.7. The number of hydrogen-bond donors (Lipinski definition) is 1. The Morgan fingerprint density at radius 3 is 2.58 bits per heavy atom. The number of carbonyl (C=O) groups excluding carboxylic acids is 1. The van der Waals surface area contributed by atoms with E-state index in [1.165, 1.54) is 12.8 Å². The number of carbonyl (C=O) groups is 1. The fourth-order valence-corrected chi connectivity index (χ4v) is 3.44. The van der Waals surface area contributed by atoms with Gasteiger partial charge < -0.3 is 15.1 Å². The van der Waals surface area contributed by atoms with Crippen LogP contribution in [0.15, 0.2) is 48.8 Å². The first-order chi connectivity index (χ1) is 12.6. The van der Waals surface area contributed by atoms with Crippen LogP contribution < -0.4 is 5.32 Å². The van der Waals surface area contributed by atoms with E-state index in [2.05, 4.69) is 34.3 Å². The number of urea groups is 1. The molecular weight excluding hydrogens is 324 g/mol. The first-order valence-corrected chi connectivity index (χ1v) is 9.34. The minimum Gasteiger partial charge on any atom is -0.327 e. The Morgan fingerprint density at radius 1 is 1.19 bits per heavy atom. The predicted octanol–water partition coefficient (Wildman–Crippen LogP) is 3.22. The summed E-state index contributed by atoms with van der Waals surface area (Å²) in [5, 5.41) is 3.21. The Balaban J connectivity index is 1.71. The van der Waals surface area contributed by atoms with E-state index in [1.807, 2.05) is 31.3 Å². The average Bonchev–Trinajstić information content (AvgIpc) is 3.19. The third-order valence-electron chi connectivity index (χ3n) is 5.10. The predicted molar refractivity (Wildman–Crippen MR) is 104 cm³/mol. The van der Waals surface area contributed by atoms with Gasteiger partial charge >= 0.3 is 6.03 Å². The van der Waals surface area contributed by atoms with Gasteiger partial charge in [0.2, 0.25) is 0 Å². The van der Waals surface area contributed by atoms with Crippen LogP contribution in [0.1, 0.15) is 35.6 Å². The summed E-state index contributed by atoms with van der Waals surface area (Å²) in [5.41, 5.74) is 3.31. The highest BCUT2D eigenvalue weighted by atomic mass is 16.2.